The van der Waals surface area contributed by atoms with Crippen molar-refractivity contribution in [2.24, 2.45) is 0 Å². The summed E-state index contributed by atoms with van der Waals surface area (Å²) in [5.41, 5.74) is 9.30. The molecular weight excluding hydrogens is 260 g/mol. The van der Waals surface area contributed by atoms with E-state index in [1.165, 1.54) is 0 Å². The van der Waals surface area contributed by atoms with Gasteiger partial charge in [-0.25, -0.2) is 0 Å². The van der Waals surface area contributed by atoms with E-state index in [1.807, 2.05) is 74.2 Å². The lowest BCUT2D eigenvalue weighted by Gasteiger charge is -2.27. The highest BCUT2D eigenvalue weighted by molar-refractivity contribution is 5.95. The monoisotopic (exact) mass is 282 g/mol. The van der Waals surface area contributed by atoms with Gasteiger partial charge in [-0.1, -0.05) is 30.3 Å². The summed E-state index contributed by atoms with van der Waals surface area (Å²) in [5, 5.41) is 0. The molecule has 0 radical (unpaired) electrons. The highest BCUT2D eigenvalue weighted by atomic mass is 16.2. The van der Waals surface area contributed by atoms with Crippen LogP contribution in [0.3, 0.4) is 0 Å². The smallest absolute Gasteiger partial charge is 0.254 e. The number of carbonyl (C=O) groups excluding carboxylic acids is 1. The molecule has 2 N–H and O–H groups in total. The fourth-order valence-electron chi connectivity index (χ4n) is 2.28. The summed E-state index contributed by atoms with van der Waals surface area (Å²) in [6, 6.07) is 15.5. The molecule has 2 aromatic carbocycles. The van der Waals surface area contributed by atoms with Crippen LogP contribution >= 0.6 is 0 Å². The van der Waals surface area contributed by atoms with Gasteiger partial charge >= 0.3 is 0 Å². The van der Waals surface area contributed by atoms with E-state index >= 15 is 0 Å². The molecule has 110 valence electrons. The molecule has 3 nitrogen and oxygen atoms in total. The third-order valence-corrected chi connectivity index (χ3v) is 3.59. The minimum Gasteiger partial charge on any atom is -0.399 e. The molecule has 2 rings (SSSR count). The summed E-state index contributed by atoms with van der Waals surface area (Å²) in [5.74, 6) is 0.0694. The lowest BCUT2D eigenvalue weighted by molar-refractivity contribution is 0.0689. The van der Waals surface area contributed by atoms with Crippen LogP contribution in [-0.4, -0.2) is 16.8 Å². The van der Waals surface area contributed by atoms with E-state index in [4.69, 9.17) is 5.73 Å². The predicted molar refractivity (Wildman–Crippen MR) is 87.0 cm³/mol. The quantitative estimate of drug-likeness (QED) is 0.870. The number of amides is 1. The third-order valence-electron chi connectivity index (χ3n) is 3.59. The molecule has 0 aliphatic heterocycles. The lowest BCUT2D eigenvalue weighted by atomic mass is 10.1. The molecule has 2 aromatic rings. The molecule has 1 amide bonds. The van der Waals surface area contributed by atoms with E-state index in [0.717, 1.165) is 22.4 Å². The number of anilines is 1. The molecule has 0 heterocycles. The Kier molecular flexibility index (Phi) is 4.63. The minimum atomic E-state index is 0.0694. The normalized spacial score (nSPS) is 10.7. The average molecular weight is 282 g/mol. The van der Waals surface area contributed by atoms with Crippen molar-refractivity contribution in [1.29, 1.82) is 0 Å². The molecule has 0 atom stereocenters. The van der Waals surface area contributed by atoms with Crippen molar-refractivity contribution in [2.75, 3.05) is 5.73 Å². The Morgan fingerprint density at radius 2 is 1.71 bits per heavy atom. The lowest BCUT2D eigenvalue weighted by Crippen LogP contribution is -2.36. The van der Waals surface area contributed by atoms with Gasteiger partial charge in [0.25, 0.3) is 5.91 Å². The number of aryl methyl sites for hydroxylation is 1. The second-order valence-corrected chi connectivity index (χ2v) is 5.58. The fraction of sp³-hybridized carbons (Fsp3) is 0.278. The van der Waals surface area contributed by atoms with Gasteiger partial charge in [0.1, 0.15) is 0 Å². The van der Waals surface area contributed by atoms with Crippen LogP contribution in [0.1, 0.15) is 35.3 Å². The molecule has 0 aliphatic carbocycles. The number of nitrogens with two attached hydrogens (primary N) is 1. The van der Waals surface area contributed by atoms with Gasteiger partial charge in [-0.2, -0.15) is 0 Å². The average Bonchev–Trinajstić information content (AvgIpc) is 2.46. The van der Waals surface area contributed by atoms with Gasteiger partial charge in [-0.05, 0) is 50.1 Å². The van der Waals surface area contributed by atoms with Crippen molar-refractivity contribution in [1.82, 2.24) is 4.90 Å². The van der Waals surface area contributed by atoms with Gasteiger partial charge in [-0.15, -0.1) is 0 Å². The zero-order chi connectivity index (χ0) is 15.4. The predicted octanol–water partition coefficient (Wildman–Crippen LogP) is 3.63. The van der Waals surface area contributed by atoms with E-state index in [0.29, 0.717) is 6.54 Å². The van der Waals surface area contributed by atoms with Gasteiger partial charge in [-0.3, -0.25) is 4.79 Å². The molecule has 0 unspecified atom stereocenters. The van der Waals surface area contributed by atoms with Gasteiger partial charge < -0.3 is 10.6 Å². The SMILES string of the molecule is Cc1ccccc1C(=O)N(Cc1ccc(N)cc1)C(C)C. The Balaban J connectivity index is 2.25. The Hall–Kier alpha value is -2.29. The molecule has 0 aromatic heterocycles. The standard InChI is InChI=1S/C18H22N2O/c1-13(2)20(12-15-8-10-16(19)11-9-15)18(21)17-7-5-4-6-14(17)3/h4-11,13H,12,19H2,1-3H3. The van der Waals surface area contributed by atoms with Gasteiger partial charge in [0, 0.05) is 23.8 Å². The molecule has 0 aliphatic rings. The van der Waals surface area contributed by atoms with Crippen LogP contribution in [0.25, 0.3) is 0 Å². The highest BCUT2D eigenvalue weighted by Gasteiger charge is 2.20. The van der Waals surface area contributed by atoms with Crippen LogP contribution in [0.2, 0.25) is 0 Å². The number of nitrogen functional groups attached to an aromatic ring is 1. The van der Waals surface area contributed by atoms with Gasteiger partial charge in [0.15, 0.2) is 0 Å². The Bertz CT molecular complexity index is 617. The summed E-state index contributed by atoms with van der Waals surface area (Å²) in [4.78, 5) is 14.7. The summed E-state index contributed by atoms with van der Waals surface area (Å²) < 4.78 is 0. The highest BCUT2D eigenvalue weighted by Crippen LogP contribution is 2.16. The maximum Gasteiger partial charge on any atom is 0.254 e. The first-order chi connectivity index (χ1) is 9.99. The van der Waals surface area contributed by atoms with Crippen molar-refractivity contribution in [3.8, 4) is 0 Å². The van der Waals surface area contributed by atoms with E-state index in [1.54, 1.807) is 0 Å². The number of nitrogens with zero attached hydrogens (tertiary/aromatic N) is 1. The maximum absolute atomic E-state index is 12.8. The molecule has 0 bridgehead atoms. The molecule has 21 heavy (non-hydrogen) atoms. The molecular formula is C18H22N2O. The van der Waals surface area contributed by atoms with E-state index in [2.05, 4.69) is 0 Å². The van der Waals surface area contributed by atoms with Crippen LogP contribution in [-0.2, 0) is 6.54 Å². The van der Waals surface area contributed by atoms with Crippen LogP contribution in [0.15, 0.2) is 48.5 Å². The van der Waals surface area contributed by atoms with Crippen LogP contribution in [0, 0.1) is 6.92 Å². The third kappa shape index (κ3) is 3.63. The first kappa shape index (κ1) is 15.1. The van der Waals surface area contributed by atoms with E-state index < -0.39 is 0 Å². The van der Waals surface area contributed by atoms with Crippen molar-refractivity contribution in [2.45, 2.75) is 33.4 Å². The Labute approximate surface area is 126 Å². The first-order valence-corrected chi connectivity index (χ1v) is 7.20. The number of carbonyl (C=O) groups is 1. The van der Waals surface area contributed by atoms with Crippen LogP contribution in [0.4, 0.5) is 5.69 Å². The second-order valence-electron chi connectivity index (χ2n) is 5.58. The zero-order valence-corrected chi connectivity index (χ0v) is 12.8. The largest absolute Gasteiger partial charge is 0.399 e. The summed E-state index contributed by atoms with van der Waals surface area (Å²) >= 11 is 0. The number of rotatable bonds is 4. The Morgan fingerprint density at radius 3 is 2.29 bits per heavy atom. The fourth-order valence-corrected chi connectivity index (χ4v) is 2.28. The van der Waals surface area contributed by atoms with Gasteiger partial charge in [0.2, 0.25) is 0 Å². The Morgan fingerprint density at radius 1 is 1.10 bits per heavy atom. The number of benzene rings is 2. The van der Waals surface area contributed by atoms with Crippen molar-refractivity contribution in [3.05, 3.63) is 65.2 Å². The first-order valence-electron chi connectivity index (χ1n) is 7.20. The topological polar surface area (TPSA) is 46.3 Å². The maximum atomic E-state index is 12.8. The molecule has 0 spiro atoms. The van der Waals surface area contributed by atoms with Gasteiger partial charge in [0.05, 0.1) is 0 Å². The molecule has 0 saturated carbocycles. The second kappa shape index (κ2) is 6.44. The van der Waals surface area contributed by atoms with E-state index in [9.17, 15) is 4.79 Å². The molecule has 0 saturated heterocycles. The molecule has 3 heteroatoms. The van der Waals surface area contributed by atoms with Crippen molar-refractivity contribution < 1.29 is 4.79 Å². The van der Waals surface area contributed by atoms with E-state index in [-0.39, 0.29) is 11.9 Å². The van der Waals surface area contributed by atoms with Crippen molar-refractivity contribution >= 4 is 11.6 Å². The summed E-state index contributed by atoms with van der Waals surface area (Å²) in [7, 11) is 0. The zero-order valence-electron chi connectivity index (χ0n) is 12.8. The summed E-state index contributed by atoms with van der Waals surface area (Å²) in [6.07, 6.45) is 0. The van der Waals surface area contributed by atoms with Crippen LogP contribution < -0.4 is 5.73 Å². The van der Waals surface area contributed by atoms with Crippen molar-refractivity contribution in [3.63, 3.8) is 0 Å². The minimum absolute atomic E-state index is 0.0694. The summed E-state index contributed by atoms with van der Waals surface area (Å²) in [6.45, 7) is 6.63. The number of hydrogen-bond donors (Lipinski definition) is 1. The molecule has 0 fully saturated rings. The number of hydrogen-bond acceptors (Lipinski definition) is 2. The van der Waals surface area contributed by atoms with Crippen LogP contribution in [0.5, 0.6) is 0 Å².